The number of benzene rings is 1. The van der Waals surface area contributed by atoms with Crippen LogP contribution in [0.25, 0.3) is 0 Å². The van der Waals surface area contributed by atoms with Gasteiger partial charge < -0.3 is 14.0 Å². The normalized spacial score (nSPS) is 34.5. The lowest BCUT2D eigenvalue weighted by Crippen LogP contribution is -2.43. The molecule has 1 aromatic carbocycles. The number of ether oxygens (including phenoxy) is 1. The monoisotopic (exact) mass is 417 g/mol. The van der Waals surface area contributed by atoms with Gasteiger partial charge in [0.25, 0.3) is 0 Å². The van der Waals surface area contributed by atoms with Crippen molar-refractivity contribution in [3.05, 3.63) is 23.3 Å². The van der Waals surface area contributed by atoms with Gasteiger partial charge in [-0.25, -0.2) is 0 Å². The molecule has 0 unspecified atom stereocenters. The molecule has 0 aliphatic heterocycles. The van der Waals surface area contributed by atoms with E-state index in [2.05, 4.69) is 11.7 Å². The minimum absolute atomic E-state index is 0.0857. The lowest BCUT2D eigenvalue weighted by Gasteiger charge is -2.50. The Morgan fingerprint density at radius 1 is 1.21 bits per heavy atom. The van der Waals surface area contributed by atoms with E-state index in [4.69, 9.17) is 9.32 Å². The molecule has 0 radical (unpaired) electrons. The molecule has 1 aromatic rings. The molecule has 3 N–H and O–H groups in total. The first-order valence-electron chi connectivity index (χ1n) is 9.60. The molecule has 0 heterocycles. The van der Waals surface area contributed by atoms with Crippen LogP contribution < -0.4 is 14.1 Å². The summed E-state index contributed by atoms with van der Waals surface area (Å²) in [5.74, 6) is 0.317. The number of rotatable bonds is 4. The van der Waals surface area contributed by atoms with Crippen molar-refractivity contribution in [2.24, 2.45) is 22.4 Å². The maximum Gasteiger partial charge on any atom is 0.387 e. The third-order valence-corrected chi connectivity index (χ3v) is 7.57. The first-order chi connectivity index (χ1) is 13.1. The van der Waals surface area contributed by atoms with E-state index < -0.39 is 16.9 Å². The minimum atomic E-state index is -4.36. The fraction of sp³-hybridized carbons (Fsp3) is 0.684. The Hall–Kier alpha value is -1.45. The van der Waals surface area contributed by atoms with E-state index in [1.54, 1.807) is 0 Å². The van der Waals surface area contributed by atoms with Gasteiger partial charge in [0.2, 0.25) is 0 Å². The highest BCUT2D eigenvalue weighted by Crippen LogP contribution is 2.61. The van der Waals surface area contributed by atoms with Crippen LogP contribution in [-0.4, -0.2) is 26.2 Å². The number of aliphatic hydroxyl groups is 1. The van der Waals surface area contributed by atoms with Crippen LogP contribution in [0, 0.1) is 17.3 Å². The fourth-order valence-corrected chi connectivity index (χ4v) is 6.31. The van der Waals surface area contributed by atoms with E-state index >= 15 is 0 Å². The Balaban J connectivity index is 1.72. The fourth-order valence-electron chi connectivity index (χ4n) is 5.93. The summed E-state index contributed by atoms with van der Waals surface area (Å²) >= 11 is 0. The summed E-state index contributed by atoms with van der Waals surface area (Å²) < 4.78 is 57.6. The van der Waals surface area contributed by atoms with Crippen LogP contribution >= 0.6 is 0 Å². The number of aryl methyl sites for hydroxylation is 1. The van der Waals surface area contributed by atoms with Crippen molar-refractivity contribution >= 4 is 10.3 Å². The lowest BCUT2D eigenvalue weighted by atomic mass is 9.55. The van der Waals surface area contributed by atoms with Gasteiger partial charge in [0.1, 0.15) is 0 Å². The summed E-state index contributed by atoms with van der Waals surface area (Å²) in [5, 5.41) is 15.4. The van der Waals surface area contributed by atoms with E-state index in [0.29, 0.717) is 18.3 Å². The third kappa shape index (κ3) is 3.37. The van der Waals surface area contributed by atoms with E-state index in [1.165, 1.54) is 12.1 Å². The topological polar surface area (TPSA) is 98.9 Å². The highest BCUT2D eigenvalue weighted by atomic mass is 32.2. The van der Waals surface area contributed by atoms with Gasteiger partial charge in [0.15, 0.2) is 11.5 Å². The Morgan fingerprint density at radius 3 is 2.64 bits per heavy atom. The molecule has 2 fully saturated rings. The van der Waals surface area contributed by atoms with Gasteiger partial charge in [-0.2, -0.15) is 22.3 Å². The van der Waals surface area contributed by atoms with Gasteiger partial charge in [-0.1, -0.05) is 6.92 Å². The van der Waals surface area contributed by atoms with Crippen molar-refractivity contribution in [1.29, 1.82) is 0 Å². The third-order valence-electron chi connectivity index (χ3n) is 7.16. The van der Waals surface area contributed by atoms with Gasteiger partial charge in [-0.15, -0.1) is 0 Å². The van der Waals surface area contributed by atoms with Crippen LogP contribution in [0.15, 0.2) is 12.1 Å². The van der Waals surface area contributed by atoms with Crippen LogP contribution in [-0.2, 0) is 16.7 Å². The van der Waals surface area contributed by atoms with Gasteiger partial charge in [-0.3, -0.25) is 0 Å². The predicted octanol–water partition coefficient (Wildman–Crippen LogP) is 3.09. The highest BCUT2D eigenvalue weighted by molar-refractivity contribution is 7.84. The smallest absolute Gasteiger partial charge is 0.387 e. The SMILES string of the molecule is C[C@]12CC[C@@H]3c4cc(OC(F)F)c(OS(N)(=O)=O)cc4CC[C@H]3[C@@H]1CC[C@@H]2O. The molecule has 0 saturated heterocycles. The van der Waals surface area contributed by atoms with Crippen LogP contribution in [0.2, 0.25) is 0 Å². The van der Waals surface area contributed by atoms with Crippen molar-refractivity contribution in [2.75, 3.05) is 0 Å². The number of hydrogen-bond donors (Lipinski definition) is 2. The van der Waals surface area contributed by atoms with Crippen molar-refractivity contribution in [1.82, 2.24) is 0 Å². The van der Waals surface area contributed by atoms with E-state index in [1.807, 2.05) is 0 Å². The lowest BCUT2D eigenvalue weighted by molar-refractivity contribution is -0.0510. The number of hydrogen-bond acceptors (Lipinski definition) is 5. The molecule has 0 bridgehead atoms. The summed E-state index contributed by atoms with van der Waals surface area (Å²) in [6.07, 6.45) is 4.82. The number of nitrogens with two attached hydrogens (primary N) is 1. The van der Waals surface area contributed by atoms with Crippen molar-refractivity contribution in [3.63, 3.8) is 0 Å². The zero-order chi connectivity index (χ0) is 20.3. The molecule has 0 amide bonds. The standard InChI is InChI=1S/C19H25F2NO5S/c1-19-7-6-11-12(14(19)4-5-17(19)23)3-2-10-8-16(27-28(22,24)25)15(9-13(10)11)26-18(20)21/h8-9,11-12,14,17-18,23H,2-7H2,1H3,(H2,22,24,25)/t11-,12+,14-,17-,19-/m0/s1. The number of fused-ring (bicyclic) bond motifs is 5. The average molecular weight is 417 g/mol. The van der Waals surface area contributed by atoms with Gasteiger partial charge in [-0.05, 0) is 85.0 Å². The molecular weight excluding hydrogens is 392 g/mol. The van der Waals surface area contributed by atoms with Gasteiger partial charge >= 0.3 is 16.9 Å². The maximum absolute atomic E-state index is 12.9. The van der Waals surface area contributed by atoms with E-state index in [-0.39, 0.29) is 28.9 Å². The Kier molecular flexibility index (Phi) is 4.83. The van der Waals surface area contributed by atoms with Crippen LogP contribution in [0.5, 0.6) is 11.5 Å². The Morgan fingerprint density at radius 2 is 1.96 bits per heavy atom. The molecule has 28 heavy (non-hydrogen) atoms. The second-order valence-corrected chi connectivity index (χ2v) is 9.66. The predicted molar refractivity (Wildman–Crippen MR) is 97.4 cm³/mol. The molecule has 3 aliphatic carbocycles. The molecule has 5 atom stereocenters. The zero-order valence-corrected chi connectivity index (χ0v) is 16.4. The summed E-state index contributed by atoms with van der Waals surface area (Å²) in [6.45, 7) is -0.949. The van der Waals surface area contributed by atoms with E-state index in [0.717, 1.165) is 43.2 Å². The summed E-state index contributed by atoms with van der Waals surface area (Å²) in [7, 11) is -4.36. The average Bonchev–Trinajstić information content (AvgIpc) is 2.89. The molecule has 2 saturated carbocycles. The van der Waals surface area contributed by atoms with Crippen LogP contribution in [0.4, 0.5) is 8.78 Å². The number of halogens is 2. The summed E-state index contributed by atoms with van der Waals surface area (Å²) in [5.41, 5.74) is 1.71. The highest BCUT2D eigenvalue weighted by Gasteiger charge is 2.54. The van der Waals surface area contributed by atoms with Crippen LogP contribution in [0.1, 0.15) is 56.1 Å². The number of aliphatic hydroxyl groups excluding tert-OH is 1. The molecule has 6 nitrogen and oxygen atoms in total. The first kappa shape index (κ1) is 19.8. The van der Waals surface area contributed by atoms with Crippen molar-refractivity contribution < 1.29 is 31.2 Å². The van der Waals surface area contributed by atoms with Crippen molar-refractivity contribution in [3.8, 4) is 11.5 Å². The Labute approximate surface area is 163 Å². The molecular formula is C19H25F2NO5S. The number of alkyl halides is 2. The zero-order valence-electron chi connectivity index (χ0n) is 15.6. The van der Waals surface area contributed by atoms with Gasteiger partial charge in [0.05, 0.1) is 6.10 Å². The summed E-state index contributed by atoms with van der Waals surface area (Å²) in [6, 6.07) is 2.96. The molecule has 0 aromatic heterocycles. The molecule has 156 valence electrons. The second kappa shape index (κ2) is 6.81. The second-order valence-electron chi connectivity index (χ2n) is 8.51. The molecule has 4 rings (SSSR count). The summed E-state index contributed by atoms with van der Waals surface area (Å²) in [4.78, 5) is 0. The van der Waals surface area contributed by atoms with Gasteiger partial charge in [0, 0.05) is 0 Å². The quantitative estimate of drug-likeness (QED) is 0.784. The largest absolute Gasteiger partial charge is 0.431 e. The Bertz CT molecular complexity index is 877. The van der Waals surface area contributed by atoms with Crippen molar-refractivity contribution in [2.45, 2.75) is 64.1 Å². The minimum Gasteiger partial charge on any atom is -0.431 e. The molecule has 9 heteroatoms. The molecule has 0 spiro atoms. The first-order valence-corrected chi connectivity index (χ1v) is 11.1. The molecule has 3 aliphatic rings. The van der Waals surface area contributed by atoms with E-state index in [9.17, 15) is 22.3 Å². The maximum atomic E-state index is 12.9. The van der Waals surface area contributed by atoms with Crippen LogP contribution in [0.3, 0.4) is 0 Å².